The largest absolute Gasteiger partial charge is 0.497 e. The molecule has 1 atom stereocenters. The summed E-state index contributed by atoms with van der Waals surface area (Å²) in [6.45, 7) is 1.27. The Morgan fingerprint density at radius 1 is 1.00 bits per heavy atom. The van der Waals surface area contributed by atoms with Crippen LogP contribution in [0.2, 0.25) is 0 Å². The molecule has 9 nitrogen and oxygen atoms in total. The van der Waals surface area contributed by atoms with Crippen LogP contribution < -0.4 is 19.8 Å². The summed E-state index contributed by atoms with van der Waals surface area (Å²) >= 11 is 0. The Morgan fingerprint density at radius 3 is 2.58 bits per heavy atom. The number of aromatic amines is 1. The number of hydrogen-bond acceptors (Lipinski definition) is 7. The Labute approximate surface area is 250 Å². The number of amides is 1. The van der Waals surface area contributed by atoms with Gasteiger partial charge < -0.3 is 28.8 Å². The lowest BCUT2D eigenvalue weighted by molar-refractivity contribution is 0.0506. The van der Waals surface area contributed by atoms with Gasteiger partial charge in [0.2, 0.25) is 0 Å². The number of aryl methyl sites for hydroxylation is 2. The second-order valence-electron chi connectivity index (χ2n) is 11.2. The summed E-state index contributed by atoms with van der Waals surface area (Å²) in [6, 6.07) is 15.3. The highest BCUT2D eigenvalue weighted by Gasteiger charge is 2.28. The van der Waals surface area contributed by atoms with Crippen molar-refractivity contribution in [3.05, 3.63) is 81.3 Å². The molecule has 4 aromatic rings. The average molecular weight is 584 g/mol. The third kappa shape index (κ3) is 5.95. The van der Waals surface area contributed by atoms with Crippen LogP contribution in [-0.2, 0) is 24.1 Å². The summed E-state index contributed by atoms with van der Waals surface area (Å²) < 4.78 is 22.6. The standard InChI is InChI=1S/C34H37N3O6/c1-40-25-10-6-9-22(15-25)32-24(14-23-17-30(41-2)31(42-3)18-29(23)35-32)19-37(20-26-11-7-13-43-26)34(39)27-16-21-8-4-5-12-28(21)36-33(27)38/h6,9-10,14-18,26H,4-5,7-8,11-13,19-20H2,1-3H3,(H,36,38)/t26-/m0/s1. The molecule has 1 fully saturated rings. The Balaban J connectivity index is 1.47. The van der Waals surface area contributed by atoms with Crippen molar-refractivity contribution in [3.63, 3.8) is 0 Å². The Bertz CT molecular complexity index is 1710. The van der Waals surface area contributed by atoms with Crippen molar-refractivity contribution in [2.75, 3.05) is 34.5 Å². The molecule has 1 aliphatic heterocycles. The van der Waals surface area contributed by atoms with Gasteiger partial charge in [-0.15, -0.1) is 0 Å². The Hall–Kier alpha value is -4.37. The molecule has 224 valence electrons. The molecule has 1 N–H and O–H groups in total. The van der Waals surface area contributed by atoms with Gasteiger partial charge in [-0.05, 0) is 80.0 Å². The van der Waals surface area contributed by atoms with E-state index in [9.17, 15) is 9.59 Å². The summed E-state index contributed by atoms with van der Waals surface area (Å²) in [5.41, 5.74) is 4.94. The van der Waals surface area contributed by atoms with Crippen LogP contribution in [0, 0.1) is 0 Å². The number of fused-ring (bicyclic) bond motifs is 2. The Kier molecular flexibility index (Phi) is 8.33. The van der Waals surface area contributed by atoms with E-state index in [-0.39, 0.29) is 29.7 Å². The number of carbonyl (C=O) groups is 1. The van der Waals surface area contributed by atoms with Gasteiger partial charge in [0, 0.05) is 42.4 Å². The lowest BCUT2D eigenvalue weighted by Crippen LogP contribution is -2.40. The van der Waals surface area contributed by atoms with Crippen molar-refractivity contribution in [2.45, 2.75) is 51.2 Å². The van der Waals surface area contributed by atoms with E-state index in [1.807, 2.05) is 42.5 Å². The molecule has 0 bridgehead atoms. The molecule has 2 aromatic heterocycles. The van der Waals surface area contributed by atoms with E-state index in [4.69, 9.17) is 23.9 Å². The molecule has 2 aliphatic rings. The van der Waals surface area contributed by atoms with Crippen molar-refractivity contribution < 1.29 is 23.7 Å². The topological polar surface area (TPSA) is 103 Å². The van der Waals surface area contributed by atoms with Gasteiger partial charge in [-0.2, -0.15) is 0 Å². The smallest absolute Gasteiger partial charge is 0.261 e. The number of rotatable bonds is 9. The quantitative estimate of drug-likeness (QED) is 0.285. The zero-order chi connectivity index (χ0) is 29.9. The van der Waals surface area contributed by atoms with Gasteiger partial charge in [-0.25, -0.2) is 4.98 Å². The minimum atomic E-state index is -0.343. The lowest BCUT2D eigenvalue weighted by atomic mass is 9.94. The van der Waals surface area contributed by atoms with Crippen molar-refractivity contribution >= 4 is 16.8 Å². The molecule has 9 heteroatoms. The number of nitrogens with zero attached hydrogens (tertiary/aromatic N) is 2. The van der Waals surface area contributed by atoms with Crippen molar-refractivity contribution in [1.29, 1.82) is 0 Å². The van der Waals surface area contributed by atoms with Crippen molar-refractivity contribution in [2.24, 2.45) is 0 Å². The SMILES string of the molecule is COc1cccc(-c2nc3cc(OC)c(OC)cc3cc2CN(C[C@@H]2CCCO2)C(=O)c2cc3c([nH]c2=O)CCCC3)c1. The fourth-order valence-corrected chi connectivity index (χ4v) is 6.15. The molecule has 1 saturated heterocycles. The van der Waals surface area contributed by atoms with E-state index in [1.165, 1.54) is 0 Å². The minimum Gasteiger partial charge on any atom is -0.497 e. The highest BCUT2D eigenvalue weighted by atomic mass is 16.5. The van der Waals surface area contributed by atoms with Gasteiger partial charge >= 0.3 is 0 Å². The molecule has 2 aromatic carbocycles. The predicted molar refractivity (Wildman–Crippen MR) is 164 cm³/mol. The minimum absolute atomic E-state index is 0.0984. The highest BCUT2D eigenvalue weighted by molar-refractivity contribution is 5.94. The second-order valence-corrected chi connectivity index (χ2v) is 11.2. The fourth-order valence-electron chi connectivity index (χ4n) is 6.15. The first kappa shape index (κ1) is 28.7. The zero-order valence-electron chi connectivity index (χ0n) is 24.9. The van der Waals surface area contributed by atoms with Crippen LogP contribution in [0.25, 0.3) is 22.2 Å². The van der Waals surface area contributed by atoms with Crippen LogP contribution in [-0.4, -0.2) is 61.4 Å². The summed E-state index contributed by atoms with van der Waals surface area (Å²) in [5, 5.41) is 0.843. The maximum atomic E-state index is 14.2. The van der Waals surface area contributed by atoms with Crippen LogP contribution in [0.3, 0.4) is 0 Å². The van der Waals surface area contributed by atoms with Gasteiger partial charge in [-0.3, -0.25) is 9.59 Å². The number of aromatic nitrogens is 2. The molecule has 1 aliphatic carbocycles. The molecular formula is C34H37N3O6. The van der Waals surface area contributed by atoms with E-state index in [0.717, 1.165) is 71.8 Å². The molecule has 0 radical (unpaired) electrons. The fraction of sp³-hybridized carbons (Fsp3) is 0.382. The molecule has 43 heavy (non-hydrogen) atoms. The molecular weight excluding hydrogens is 546 g/mol. The maximum absolute atomic E-state index is 14.2. The molecule has 0 saturated carbocycles. The first-order valence-corrected chi connectivity index (χ1v) is 14.8. The predicted octanol–water partition coefficient (Wildman–Crippen LogP) is 5.32. The monoisotopic (exact) mass is 583 g/mol. The van der Waals surface area contributed by atoms with Crippen molar-refractivity contribution in [3.8, 4) is 28.5 Å². The summed E-state index contributed by atoms with van der Waals surface area (Å²) in [5.74, 6) is 1.55. The van der Waals surface area contributed by atoms with Crippen LogP contribution >= 0.6 is 0 Å². The van der Waals surface area contributed by atoms with E-state index in [1.54, 1.807) is 32.3 Å². The number of benzene rings is 2. The normalized spacial score (nSPS) is 16.1. The number of pyridine rings is 2. The molecule has 1 amide bonds. The van der Waals surface area contributed by atoms with Gasteiger partial charge in [0.1, 0.15) is 11.3 Å². The van der Waals surface area contributed by atoms with E-state index in [0.29, 0.717) is 36.1 Å². The summed E-state index contributed by atoms with van der Waals surface area (Å²) in [4.78, 5) is 37.2. The number of H-pyrrole nitrogens is 1. The van der Waals surface area contributed by atoms with Gasteiger partial charge in [-0.1, -0.05) is 12.1 Å². The average Bonchev–Trinajstić information content (AvgIpc) is 3.56. The molecule has 3 heterocycles. The van der Waals surface area contributed by atoms with Crippen LogP contribution in [0.5, 0.6) is 17.2 Å². The first-order valence-electron chi connectivity index (χ1n) is 14.8. The Morgan fingerprint density at radius 2 is 1.81 bits per heavy atom. The van der Waals surface area contributed by atoms with Crippen molar-refractivity contribution in [1.82, 2.24) is 14.9 Å². The van der Waals surface area contributed by atoms with Gasteiger partial charge in [0.15, 0.2) is 11.5 Å². The number of ether oxygens (including phenoxy) is 4. The van der Waals surface area contributed by atoms with Gasteiger partial charge in [0.05, 0.1) is 38.6 Å². The third-order valence-corrected chi connectivity index (χ3v) is 8.41. The van der Waals surface area contributed by atoms with Crippen LogP contribution in [0.1, 0.15) is 52.9 Å². The number of hydrogen-bond donors (Lipinski definition) is 1. The molecule has 0 spiro atoms. The number of nitrogens with one attached hydrogen (secondary N) is 1. The number of methoxy groups -OCH3 is 3. The lowest BCUT2D eigenvalue weighted by Gasteiger charge is -2.27. The van der Waals surface area contributed by atoms with Crippen LogP contribution in [0.15, 0.2) is 53.3 Å². The molecule has 0 unspecified atom stereocenters. The zero-order valence-corrected chi connectivity index (χ0v) is 24.9. The number of carbonyl (C=O) groups excluding carboxylic acids is 1. The summed E-state index contributed by atoms with van der Waals surface area (Å²) in [6.07, 6.45) is 5.49. The second kappa shape index (κ2) is 12.5. The van der Waals surface area contributed by atoms with E-state index in [2.05, 4.69) is 4.98 Å². The summed E-state index contributed by atoms with van der Waals surface area (Å²) in [7, 11) is 4.82. The first-order chi connectivity index (χ1) is 21.0. The maximum Gasteiger partial charge on any atom is 0.261 e. The van der Waals surface area contributed by atoms with E-state index < -0.39 is 0 Å². The van der Waals surface area contributed by atoms with Gasteiger partial charge in [0.25, 0.3) is 11.5 Å². The van der Waals surface area contributed by atoms with E-state index >= 15 is 0 Å². The van der Waals surface area contributed by atoms with Crippen LogP contribution in [0.4, 0.5) is 0 Å². The molecule has 6 rings (SSSR count). The highest BCUT2D eigenvalue weighted by Crippen LogP contribution is 2.35. The third-order valence-electron chi connectivity index (χ3n) is 8.41.